The van der Waals surface area contributed by atoms with Gasteiger partial charge in [-0.2, -0.15) is 10.1 Å². The Balaban J connectivity index is 1.50. The highest BCUT2D eigenvalue weighted by Crippen LogP contribution is 2.33. The standard InChI is InChI=1S/C21H21F4N9O/c1-11(35)32-6-5-15(21(24,25)10-32)29-20-30-18(26-2)16-12(3-7-33(16)31-20)14-4-8-34-19(28-14)13(9-27-34)17(22)23/h3-4,7-9,15,17H,5-6,10H2,1-2H3,(H2,26,29,30,31)/t15-/m1/s1. The topological polar surface area (TPSA) is 105 Å². The molecule has 0 bridgehead atoms. The Labute approximate surface area is 196 Å². The first-order valence-corrected chi connectivity index (χ1v) is 10.8. The summed E-state index contributed by atoms with van der Waals surface area (Å²) in [5, 5.41) is 13.8. The molecule has 1 aliphatic heterocycles. The van der Waals surface area contributed by atoms with E-state index < -0.39 is 30.8 Å². The van der Waals surface area contributed by atoms with Gasteiger partial charge in [-0.15, -0.1) is 5.10 Å². The number of nitrogens with zero attached hydrogens (tertiary/aromatic N) is 7. The van der Waals surface area contributed by atoms with Crippen LogP contribution in [0.25, 0.3) is 22.4 Å². The molecule has 1 fully saturated rings. The Hall–Kier alpha value is -3.97. The van der Waals surface area contributed by atoms with Crippen LogP contribution in [-0.4, -0.2) is 72.1 Å². The number of carbonyl (C=O) groups is 1. The zero-order valence-electron chi connectivity index (χ0n) is 18.7. The molecule has 0 aromatic carbocycles. The fraction of sp³-hybridized carbons (Fsp3) is 0.381. The maximum atomic E-state index is 14.7. The van der Waals surface area contributed by atoms with Crippen molar-refractivity contribution >= 4 is 28.8 Å². The maximum Gasteiger partial charge on any atom is 0.285 e. The van der Waals surface area contributed by atoms with Gasteiger partial charge in [-0.3, -0.25) is 4.79 Å². The number of nitrogens with one attached hydrogen (secondary N) is 2. The van der Waals surface area contributed by atoms with Crippen molar-refractivity contribution in [3.63, 3.8) is 0 Å². The molecule has 5 rings (SSSR count). The molecule has 184 valence electrons. The number of carbonyl (C=O) groups excluding carboxylic acids is 1. The van der Waals surface area contributed by atoms with E-state index in [1.54, 1.807) is 25.4 Å². The van der Waals surface area contributed by atoms with Gasteiger partial charge in [0.05, 0.1) is 30.0 Å². The van der Waals surface area contributed by atoms with Crippen LogP contribution < -0.4 is 10.6 Å². The van der Waals surface area contributed by atoms with Crippen molar-refractivity contribution < 1.29 is 22.4 Å². The Morgan fingerprint density at radius 1 is 1.20 bits per heavy atom. The quantitative estimate of drug-likeness (QED) is 0.414. The third-order valence-corrected chi connectivity index (χ3v) is 6.00. The number of likely N-dealkylation sites (tertiary alicyclic amines) is 1. The van der Waals surface area contributed by atoms with Gasteiger partial charge < -0.3 is 15.5 Å². The lowest BCUT2D eigenvalue weighted by molar-refractivity contribution is -0.140. The lowest BCUT2D eigenvalue weighted by Gasteiger charge is -2.38. The molecular formula is C21H21F4N9O. The summed E-state index contributed by atoms with van der Waals surface area (Å²) < 4.78 is 58.7. The Kier molecular flexibility index (Phi) is 5.44. The number of halogens is 4. The molecule has 0 saturated carbocycles. The van der Waals surface area contributed by atoms with Crippen molar-refractivity contribution in [1.82, 2.24) is 34.1 Å². The first-order valence-electron chi connectivity index (χ1n) is 10.8. The molecule has 0 aliphatic carbocycles. The molecule has 1 saturated heterocycles. The highest BCUT2D eigenvalue weighted by Gasteiger charge is 2.45. The van der Waals surface area contributed by atoms with Crippen LogP contribution >= 0.6 is 0 Å². The molecule has 0 unspecified atom stereocenters. The molecule has 2 N–H and O–H groups in total. The number of anilines is 2. The van der Waals surface area contributed by atoms with Crippen molar-refractivity contribution in [1.29, 1.82) is 0 Å². The van der Waals surface area contributed by atoms with Crippen molar-refractivity contribution in [2.24, 2.45) is 0 Å². The van der Waals surface area contributed by atoms with Gasteiger partial charge in [-0.05, 0) is 18.6 Å². The minimum Gasteiger partial charge on any atom is -0.371 e. The van der Waals surface area contributed by atoms with Gasteiger partial charge in [0, 0.05) is 38.5 Å². The summed E-state index contributed by atoms with van der Waals surface area (Å²) in [7, 11) is 1.62. The second-order valence-corrected chi connectivity index (χ2v) is 8.23. The smallest absolute Gasteiger partial charge is 0.285 e. The first-order chi connectivity index (χ1) is 16.7. The average Bonchev–Trinajstić information content (AvgIpc) is 3.43. The number of hydrogen-bond donors (Lipinski definition) is 2. The summed E-state index contributed by atoms with van der Waals surface area (Å²) >= 11 is 0. The van der Waals surface area contributed by atoms with E-state index in [9.17, 15) is 22.4 Å². The molecule has 4 aromatic rings. The number of piperidine rings is 1. The molecule has 1 amide bonds. The number of amides is 1. The number of hydrogen-bond acceptors (Lipinski definition) is 7. The van der Waals surface area contributed by atoms with Gasteiger partial charge in [0.1, 0.15) is 5.52 Å². The van der Waals surface area contributed by atoms with Crippen LogP contribution in [0.5, 0.6) is 0 Å². The monoisotopic (exact) mass is 491 g/mol. The number of fused-ring (bicyclic) bond motifs is 2. The molecule has 35 heavy (non-hydrogen) atoms. The minimum absolute atomic E-state index is 0.0239. The molecule has 0 radical (unpaired) electrons. The summed E-state index contributed by atoms with van der Waals surface area (Å²) in [5.41, 5.74) is 1.19. The van der Waals surface area contributed by atoms with Crippen molar-refractivity contribution in [2.75, 3.05) is 30.8 Å². The third-order valence-electron chi connectivity index (χ3n) is 6.00. The van der Waals surface area contributed by atoms with Crippen LogP contribution in [0.2, 0.25) is 0 Å². The largest absolute Gasteiger partial charge is 0.371 e. The molecule has 0 spiro atoms. The molecule has 1 atom stereocenters. The van der Waals surface area contributed by atoms with E-state index in [1.807, 2.05) is 0 Å². The highest BCUT2D eigenvalue weighted by molar-refractivity contribution is 5.87. The van der Waals surface area contributed by atoms with Gasteiger partial charge in [0.15, 0.2) is 11.5 Å². The zero-order chi connectivity index (χ0) is 24.9. The molecular weight excluding hydrogens is 470 g/mol. The molecule has 14 heteroatoms. The van der Waals surface area contributed by atoms with Crippen LogP contribution in [0.15, 0.2) is 30.7 Å². The summed E-state index contributed by atoms with van der Waals surface area (Å²) in [6.45, 7) is 0.774. The SMILES string of the molecule is CNc1nc(N[C@@H]2CCN(C(C)=O)CC2(F)F)nn2ccc(-c3ccn4ncc(C(F)F)c4n3)c12. The molecule has 5 heterocycles. The van der Waals surface area contributed by atoms with E-state index in [4.69, 9.17) is 0 Å². The van der Waals surface area contributed by atoms with Crippen molar-refractivity contribution in [3.8, 4) is 11.3 Å². The fourth-order valence-electron chi connectivity index (χ4n) is 4.20. The zero-order valence-corrected chi connectivity index (χ0v) is 18.7. The van der Waals surface area contributed by atoms with Crippen LogP contribution in [-0.2, 0) is 4.79 Å². The average molecular weight is 491 g/mol. The number of aromatic nitrogens is 6. The summed E-state index contributed by atoms with van der Waals surface area (Å²) in [4.78, 5) is 21.3. The Bertz CT molecular complexity index is 1420. The van der Waals surface area contributed by atoms with E-state index in [2.05, 4.69) is 30.8 Å². The second kappa shape index (κ2) is 8.36. The molecule has 1 aliphatic rings. The van der Waals surface area contributed by atoms with Crippen LogP contribution in [0, 0.1) is 0 Å². The van der Waals surface area contributed by atoms with Gasteiger partial charge >= 0.3 is 0 Å². The third kappa shape index (κ3) is 3.98. The Morgan fingerprint density at radius 3 is 2.66 bits per heavy atom. The van der Waals surface area contributed by atoms with Crippen molar-refractivity contribution in [2.45, 2.75) is 31.7 Å². The molecule has 4 aromatic heterocycles. The minimum atomic E-state index is -3.17. The highest BCUT2D eigenvalue weighted by atomic mass is 19.3. The van der Waals surface area contributed by atoms with Crippen LogP contribution in [0.4, 0.5) is 29.3 Å². The second-order valence-electron chi connectivity index (χ2n) is 8.23. The van der Waals surface area contributed by atoms with Crippen LogP contribution in [0.1, 0.15) is 25.3 Å². The van der Waals surface area contributed by atoms with Crippen molar-refractivity contribution in [3.05, 3.63) is 36.3 Å². The predicted molar refractivity (Wildman–Crippen MR) is 119 cm³/mol. The predicted octanol–water partition coefficient (Wildman–Crippen LogP) is 3.09. The summed E-state index contributed by atoms with van der Waals surface area (Å²) in [5.74, 6) is -3.27. The lowest BCUT2D eigenvalue weighted by Crippen LogP contribution is -2.55. The Morgan fingerprint density at radius 2 is 1.97 bits per heavy atom. The number of alkyl halides is 4. The van der Waals surface area contributed by atoms with E-state index in [0.717, 1.165) is 11.1 Å². The van der Waals surface area contributed by atoms with Gasteiger partial charge in [-0.25, -0.2) is 31.6 Å². The van der Waals surface area contributed by atoms with Crippen LogP contribution in [0.3, 0.4) is 0 Å². The van der Waals surface area contributed by atoms with E-state index in [1.165, 1.54) is 22.2 Å². The van der Waals surface area contributed by atoms with Gasteiger partial charge in [0.2, 0.25) is 11.9 Å². The maximum absolute atomic E-state index is 14.7. The van der Waals surface area contributed by atoms with Gasteiger partial charge in [0.25, 0.3) is 12.3 Å². The van der Waals surface area contributed by atoms with E-state index in [-0.39, 0.29) is 30.1 Å². The fourth-order valence-corrected chi connectivity index (χ4v) is 4.20. The van der Waals surface area contributed by atoms with E-state index >= 15 is 0 Å². The van der Waals surface area contributed by atoms with Gasteiger partial charge in [-0.1, -0.05) is 0 Å². The number of rotatable bonds is 5. The lowest BCUT2D eigenvalue weighted by atomic mass is 10.0. The summed E-state index contributed by atoms with van der Waals surface area (Å²) in [6.07, 6.45) is 1.50. The summed E-state index contributed by atoms with van der Waals surface area (Å²) in [6, 6.07) is 2.06. The van der Waals surface area contributed by atoms with E-state index in [0.29, 0.717) is 22.6 Å². The molecule has 10 nitrogen and oxygen atoms in total. The normalized spacial score (nSPS) is 17.9. The first kappa shape index (κ1) is 22.8.